The first kappa shape index (κ1) is 12.4. The van der Waals surface area contributed by atoms with Gasteiger partial charge in [0.15, 0.2) is 0 Å². The predicted octanol–water partition coefficient (Wildman–Crippen LogP) is 2.63. The molecule has 1 amide bonds. The Morgan fingerprint density at radius 3 is 2.61 bits per heavy atom. The van der Waals surface area contributed by atoms with Gasteiger partial charge in [-0.15, -0.1) is 0 Å². The van der Waals surface area contributed by atoms with Crippen LogP contribution in [0.2, 0.25) is 0 Å². The molecule has 0 bridgehead atoms. The molecule has 0 saturated carbocycles. The normalized spacial score (nSPS) is 10.4. The van der Waals surface area contributed by atoms with E-state index in [1.165, 1.54) is 6.92 Å². The number of hydrogen-bond acceptors (Lipinski definition) is 3. The van der Waals surface area contributed by atoms with E-state index >= 15 is 0 Å². The van der Waals surface area contributed by atoms with Gasteiger partial charge in [0, 0.05) is 19.5 Å². The number of carbonyl (C=O) groups excluding carboxylic acids is 1. The number of benzene rings is 1. The van der Waals surface area contributed by atoms with Gasteiger partial charge in [-0.2, -0.15) is 0 Å². The van der Waals surface area contributed by atoms with Crippen molar-refractivity contribution in [2.24, 2.45) is 0 Å². The summed E-state index contributed by atoms with van der Waals surface area (Å²) in [6, 6.07) is 9.73. The molecule has 0 N–H and O–H groups in total. The Morgan fingerprint density at radius 2 is 2.00 bits per heavy atom. The first-order chi connectivity index (χ1) is 8.58. The van der Waals surface area contributed by atoms with E-state index in [0.717, 1.165) is 17.0 Å². The summed E-state index contributed by atoms with van der Waals surface area (Å²) in [7, 11) is 1.75. The molecule has 0 unspecified atom stereocenters. The molecule has 1 aromatic carbocycles. The van der Waals surface area contributed by atoms with E-state index in [1.807, 2.05) is 37.3 Å². The maximum absolute atomic E-state index is 11.2. The molecule has 2 rings (SSSR count). The smallest absolute Gasteiger partial charge is 0.226 e. The third-order valence-corrected chi connectivity index (χ3v) is 2.84. The first-order valence-electron chi connectivity index (χ1n) is 5.81. The molecular formula is C14H16N2O2. The second-order valence-corrected chi connectivity index (χ2v) is 4.26. The second kappa shape index (κ2) is 5.04. The zero-order chi connectivity index (χ0) is 13.1. The number of aromatic nitrogens is 1. The molecular weight excluding hydrogens is 228 g/mol. The third-order valence-electron chi connectivity index (χ3n) is 2.84. The second-order valence-electron chi connectivity index (χ2n) is 4.26. The summed E-state index contributed by atoms with van der Waals surface area (Å²) in [5, 5.41) is 0. The lowest BCUT2D eigenvalue weighted by molar-refractivity contribution is -0.128. The number of oxazole rings is 1. The predicted molar refractivity (Wildman–Crippen MR) is 68.8 cm³/mol. The summed E-state index contributed by atoms with van der Waals surface area (Å²) in [6.07, 6.45) is 0. The van der Waals surface area contributed by atoms with Crippen LogP contribution in [0.1, 0.15) is 18.4 Å². The topological polar surface area (TPSA) is 46.3 Å². The van der Waals surface area contributed by atoms with E-state index < -0.39 is 0 Å². The van der Waals surface area contributed by atoms with Gasteiger partial charge in [-0.1, -0.05) is 18.2 Å². The van der Waals surface area contributed by atoms with Crippen molar-refractivity contribution in [1.29, 1.82) is 0 Å². The van der Waals surface area contributed by atoms with Crippen molar-refractivity contribution >= 4 is 5.91 Å². The van der Waals surface area contributed by atoms with Gasteiger partial charge >= 0.3 is 0 Å². The maximum atomic E-state index is 11.2. The minimum Gasteiger partial charge on any atom is -0.441 e. The van der Waals surface area contributed by atoms with Gasteiger partial charge in [-0.25, -0.2) is 4.98 Å². The fourth-order valence-corrected chi connectivity index (χ4v) is 1.61. The van der Waals surface area contributed by atoms with Gasteiger partial charge in [-0.3, -0.25) is 4.79 Å². The summed E-state index contributed by atoms with van der Waals surface area (Å²) >= 11 is 0. The van der Waals surface area contributed by atoms with Crippen LogP contribution in [0, 0.1) is 6.92 Å². The van der Waals surface area contributed by atoms with Crippen molar-refractivity contribution in [2.75, 3.05) is 7.05 Å². The van der Waals surface area contributed by atoms with Gasteiger partial charge in [-0.05, 0) is 19.1 Å². The fourth-order valence-electron chi connectivity index (χ4n) is 1.61. The number of hydrogen-bond donors (Lipinski definition) is 0. The quantitative estimate of drug-likeness (QED) is 0.833. The largest absolute Gasteiger partial charge is 0.441 e. The molecule has 94 valence electrons. The van der Waals surface area contributed by atoms with E-state index in [2.05, 4.69) is 4.98 Å². The lowest BCUT2D eigenvalue weighted by atomic mass is 10.2. The highest BCUT2D eigenvalue weighted by Gasteiger charge is 2.13. The highest BCUT2D eigenvalue weighted by atomic mass is 16.4. The van der Waals surface area contributed by atoms with Crippen molar-refractivity contribution in [1.82, 2.24) is 9.88 Å². The summed E-state index contributed by atoms with van der Waals surface area (Å²) in [5.41, 5.74) is 1.74. The highest BCUT2D eigenvalue weighted by Crippen LogP contribution is 2.21. The number of aryl methyl sites for hydroxylation is 1. The molecule has 0 aliphatic heterocycles. The number of carbonyl (C=O) groups is 1. The van der Waals surface area contributed by atoms with Gasteiger partial charge in [0.25, 0.3) is 0 Å². The average molecular weight is 244 g/mol. The van der Waals surface area contributed by atoms with Crippen LogP contribution < -0.4 is 0 Å². The summed E-state index contributed by atoms with van der Waals surface area (Å²) in [6.45, 7) is 3.87. The minimum absolute atomic E-state index is 0.0126. The SMILES string of the molecule is CC(=O)N(C)Cc1nc(-c2ccccc2)oc1C. The molecule has 2 aromatic rings. The fraction of sp³-hybridized carbons (Fsp3) is 0.286. The number of amides is 1. The molecule has 1 heterocycles. The summed E-state index contributed by atoms with van der Waals surface area (Å²) < 4.78 is 5.63. The van der Waals surface area contributed by atoms with Crippen molar-refractivity contribution in [3.05, 3.63) is 41.8 Å². The van der Waals surface area contributed by atoms with Crippen molar-refractivity contribution in [3.8, 4) is 11.5 Å². The lowest BCUT2D eigenvalue weighted by Gasteiger charge is -2.12. The van der Waals surface area contributed by atoms with E-state index in [9.17, 15) is 4.79 Å². The first-order valence-corrected chi connectivity index (χ1v) is 5.81. The third kappa shape index (κ3) is 2.59. The van der Waals surface area contributed by atoms with E-state index in [0.29, 0.717) is 12.4 Å². The molecule has 0 fully saturated rings. The van der Waals surface area contributed by atoms with Crippen LogP contribution in [0.15, 0.2) is 34.7 Å². The average Bonchev–Trinajstić information content (AvgIpc) is 2.72. The van der Waals surface area contributed by atoms with Crippen LogP contribution in [0.25, 0.3) is 11.5 Å². The molecule has 0 spiro atoms. The zero-order valence-electron chi connectivity index (χ0n) is 10.8. The molecule has 0 radical (unpaired) electrons. The minimum atomic E-state index is 0.0126. The van der Waals surface area contributed by atoms with Crippen LogP contribution >= 0.6 is 0 Å². The Kier molecular flexibility index (Phi) is 3.46. The molecule has 4 nitrogen and oxygen atoms in total. The Hall–Kier alpha value is -2.10. The molecule has 0 saturated heterocycles. The Labute approximate surface area is 106 Å². The van der Waals surface area contributed by atoms with Crippen LogP contribution in [-0.2, 0) is 11.3 Å². The van der Waals surface area contributed by atoms with Crippen LogP contribution in [0.3, 0.4) is 0 Å². The highest BCUT2D eigenvalue weighted by molar-refractivity contribution is 5.72. The number of rotatable bonds is 3. The maximum Gasteiger partial charge on any atom is 0.226 e. The van der Waals surface area contributed by atoms with Crippen molar-refractivity contribution < 1.29 is 9.21 Å². The van der Waals surface area contributed by atoms with Gasteiger partial charge < -0.3 is 9.32 Å². The molecule has 0 atom stereocenters. The van der Waals surface area contributed by atoms with E-state index in [1.54, 1.807) is 11.9 Å². The molecule has 0 aliphatic rings. The van der Waals surface area contributed by atoms with E-state index in [4.69, 9.17) is 4.42 Å². The monoisotopic (exact) mass is 244 g/mol. The van der Waals surface area contributed by atoms with Gasteiger partial charge in [0.05, 0.1) is 6.54 Å². The zero-order valence-corrected chi connectivity index (χ0v) is 10.8. The molecule has 4 heteroatoms. The standard InChI is InChI=1S/C14H16N2O2/c1-10-13(9-16(3)11(2)17)15-14(18-10)12-7-5-4-6-8-12/h4-8H,9H2,1-3H3. The van der Waals surface area contributed by atoms with Crippen LogP contribution in [0.5, 0.6) is 0 Å². The lowest BCUT2D eigenvalue weighted by Crippen LogP contribution is -2.23. The molecule has 0 aliphatic carbocycles. The molecule has 1 aromatic heterocycles. The van der Waals surface area contributed by atoms with Crippen LogP contribution in [-0.4, -0.2) is 22.8 Å². The summed E-state index contributed by atoms with van der Waals surface area (Å²) in [4.78, 5) is 17.3. The van der Waals surface area contributed by atoms with Gasteiger partial charge in [0.1, 0.15) is 11.5 Å². The Balaban J connectivity index is 2.25. The molecule has 18 heavy (non-hydrogen) atoms. The van der Waals surface area contributed by atoms with Gasteiger partial charge in [0.2, 0.25) is 11.8 Å². The van der Waals surface area contributed by atoms with Crippen LogP contribution in [0.4, 0.5) is 0 Å². The van der Waals surface area contributed by atoms with Crippen molar-refractivity contribution in [2.45, 2.75) is 20.4 Å². The van der Waals surface area contributed by atoms with E-state index in [-0.39, 0.29) is 5.91 Å². The Bertz CT molecular complexity index is 546. The Morgan fingerprint density at radius 1 is 1.33 bits per heavy atom. The summed E-state index contributed by atoms with van der Waals surface area (Å²) in [5.74, 6) is 1.36. The number of nitrogens with zero attached hydrogens (tertiary/aromatic N) is 2. The van der Waals surface area contributed by atoms with Crippen molar-refractivity contribution in [3.63, 3.8) is 0 Å².